The van der Waals surface area contributed by atoms with Crippen LogP contribution in [0, 0.1) is 0 Å². The topological polar surface area (TPSA) is 49.4 Å². The molecule has 0 aliphatic carbocycles. The van der Waals surface area contributed by atoms with E-state index >= 15 is 0 Å². The molecule has 0 radical (unpaired) electrons. The number of hydrogen-bond donors (Lipinski definition) is 1. The molecule has 0 saturated heterocycles. The van der Waals surface area contributed by atoms with E-state index in [0.29, 0.717) is 5.56 Å². The van der Waals surface area contributed by atoms with Gasteiger partial charge < -0.3 is 5.32 Å². The highest BCUT2D eigenvalue weighted by Gasteiger charge is 2.25. The lowest BCUT2D eigenvalue weighted by atomic mass is 10.1. The van der Waals surface area contributed by atoms with Crippen molar-refractivity contribution in [3.05, 3.63) is 84.1 Å². The van der Waals surface area contributed by atoms with E-state index < -0.39 is 5.54 Å². The summed E-state index contributed by atoms with van der Waals surface area (Å²) in [5, 5.41) is 2.86. The van der Waals surface area contributed by atoms with Crippen LogP contribution in [0.5, 0.6) is 0 Å². The van der Waals surface area contributed by atoms with Crippen LogP contribution in [0.1, 0.15) is 36.7 Å². The summed E-state index contributed by atoms with van der Waals surface area (Å²) in [7, 11) is 0. The monoisotopic (exact) mass is 336 g/mol. The summed E-state index contributed by atoms with van der Waals surface area (Å²) in [5.41, 5.74) is 1.17. The summed E-state index contributed by atoms with van der Waals surface area (Å²) in [6.45, 7) is 9.82. The lowest BCUT2D eigenvalue weighted by molar-refractivity contribution is -0.120. The number of carbonyl (C=O) groups excluding carboxylic acids is 2. The summed E-state index contributed by atoms with van der Waals surface area (Å²) in [6.07, 6.45) is 0. The molecule has 0 bridgehead atoms. The molecule has 2 amide bonds. The van der Waals surface area contributed by atoms with Crippen molar-refractivity contribution >= 4 is 11.8 Å². The van der Waals surface area contributed by atoms with Gasteiger partial charge in [-0.1, -0.05) is 55.1 Å². The van der Waals surface area contributed by atoms with Crippen molar-refractivity contribution < 1.29 is 9.59 Å². The van der Waals surface area contributed by atoms with Crippen molar-refractivity contribution in [3.8, 4) is 0 Å². The van der Waals surface area contributed by atoms with Crippen LogP contribution in [0.25, 0.3) is 0 Å². The first-order valence-corrected chi connectivity index (χ1v) is 8.20. The van der Waals surface area contributed by atoms with Gasteiger partial charge in [0.05, 0.1) is 6.54 Å². The third kappa shape index (κ3) is 5.31. The molecule has 4 heteroatoms. The van der Waals surface area contributed by atoms with Gasteiger partial charge >= 0.3 is 0 Å². The molecule has 2 aromatic carbocycles. The molecule has 0 saturated carbocycles. The average molecular weight is 336 g/mol. The number of hydrogen-bond acceptors (Lipinski definition) is 2. The number of nitrogens with zero attached hydrogens (tertiary/aromatic N) is 1. The van der Waals surface area contributed by atoms with Crippen LogP contribution < -0.4 is 5.32 Å². The minimum atomic E-state index is -0.408. The molecule has 0 fully saturated rings. The maximum Gasteiger partial charge on any atom is 0.267 e. The second kappa shape index (κ2) is 7.79. The van der Waals surface area contributed by atoms with Crippen molar-refractivity contribution in [1.29, 1.82) is 0 Å². The summed E-state index contributed by atoms with van der Waals surface area (Å²) in [5.74, 6) is -0.605. The molecule has 4 nitrogen and oxygen atoms in total. The zero-order chi connectivity index (χ0) is 18.4. The number of rotatable bonds is 5. The molecule has 25 heavy (non-hydrogen) atoms. The Morgan fingerprint density at radius 2 is 1.48 bits per heavy atom. The Labute approximate surface area is 149 Å². The predicted octanol–water partition coefficient (Wildman–Crippen LogP) is 3.76. The van der Waals surface area contributed by atoms with Crippen molar-refractivity contribution in [1.82, 2.24) is 10.2 Å². The van der Waals surface area contributed by atoms with Crippen LogP contribution in [0.4, 0.5) is 0 Å². The van der Waals surface area contributed by atoms with Crippen LogP contribution >= 0.6 is 0 Å². The van der Waals surface area contributed by atoms with Crippen LogP contribution in [0.2, 0.25) is 0 Å². The van der Waals surface area contributed by atoms with Gasteiger partial charge in [-0.25, -0.2) is 0 Å². The second-order valence-electron chi connectivity index (χ2n) is 6.89. The van der Waals surface area contributed by atoms with Gasteiger partial charge in [-0.3, -0.25) is 14.5 Å². The minimum Gasteiger partial charge on any atom is -0.346 e. The molecule has 0 aromatic heterocycles. The van der Waals surface area contributed by atoms with Crippen LogP contribution in [0.15, 0.2) is 72.9 Å². The zero-order valence-electron chi connectivity index (χ0n) is 15.0. The lowest BCUT2D eigenvalue weighted by Crippen LogP contribution is -2.45. The molecule has 1 N–H and O–H groups in total. The lowest BCUT2D eigenvalue weighted by Gasteiger charge is -2.27. The Bertz CT molecular complexity index is 746. The van der Waals surface area contributed by atoms with E-state index in [9.17, 15) is 9.59 Å². The van der Waals surface area contributed by atoms with Crippen LogP contribution in [-0.4, -0.2) is 22.3 Å². The fourth-order valence-corrected chi connectivity index (χ4v) is 2.33. The zero-order valence-corrected chi connectivity index (χ0v) is 15.0. The average Bonchev–Trinajstić information content (AvgIpc) is 2.58. The first-order chi connectivity index (χ1) is 11.8. The Morgan fingerprint density at radius 1 is 0.960 bits per heavy atom. The maximum atomic E-state index is 12.9. The van der Waals surface area contributed by atoms with Gasteiger partial charge in [0.2, 0.25) is 0 Å². The van der Waals surface area contributed by atoms with Crippen LogP contribution in [-0.2, 0) is 11.3 Å². The molecule has 0 unspecified atom stereocenters. The van der Waals surface area contributed by atoms with Gasteiger partial charge in [-0.05, 0) is 38.5 Å². The predicted molar refractivity (Wildman–Crippen MR) is 99.8 cm³/mol. The fraction of sp³-hybridized carbons (Fsp3) is 0.238. The van der Waals surface area contributed by atoms with E-state index in [1.54, 1.807) is 24.3 Å². The van der Waals surface area contributed by atoms with Gasteiger partial charge in [-0.15, -0.1) is 0 Å². The third-order valence-corrected chi connectivity index (χ3v) is 3.53. The summed E-state index contributed by atoms with van der Waals surface area (Å²) in [4.78, 5) is 26.9. The van der Waals surface area contributed by atoms with Gasteiger partial charge in [0, 0.05) is 11.1 Å². The normalized spacial score (nSPS) is 10.8. The highest BCUT2D eigenvalue weighted by molar-refractivity contribution is 6.02. The highest BCUT2D eigenvalue weighted by atomic mass is 16.2. The molecular formula is C21H24N2O2. The Morgan fingerprint density at radius 3 is 2.00 bits per heavy atom. The van der Waals surface area contributed by atoms with E-state index in [-0.39, 0.29) is 24.1 Å². The van der Waals surface area contributed by atoms with Crippen molar-refractivity contribution in [2.45, 2.75) is 32.9 Å². The number of benzene rings is 2. The summed E-state index contributed by atoms with van der Waals surface area (Å²) >= 11 is 0. The quantitative estimate of drug-likeness (QED) is 0.845. The molecular weight excluding hydrogens is 312 g/mol. The molecule has 0 aliphatic rings. The maximum absolute atomic E-state index is 12.9. The Balaban J connectivity index is 2.30. The van der Waals surface area contributed by atoms with E-state index in [4.69, 9.17) is 0 Å². The first-order valence-electron chi connectivity index (χ1n) is 8.20. The number of nitrogens with one attached hydrogen (secondary N) is 1. The van der Waals surface area contributed by atoms with Gasteiger partial charge in [-0.2, -0.15) is 0 Å². The highest BCUT2D eigenvalue weighted by Crippen LogP contribution is 2.16. The van der Waals surface area contributed by atoms with Gasteiger partial charge in [0.15, 0.2) is 0 Å². The van der Waals surface area contributed by atoms with E-state index in [2.05, 4.69) is 11.9 Å². The van der Waals surface area contributed by atoms with Crippen molar-refractivity contribution in [3.63, 3.8) is 0 Å². The third-order valence-electron chi connectivity index (χ3n) is 3.53. The van der Waals surface area contributed by atoms with Gasteiger partial charge in [0.25, 0.3) is 11.8 Å². The smallest absolute Gasteiger partial charge is 0.267 e. The van der Waals surface area contributed by atoms with E-state index in [1.165, 1.54) is 4.90 Å². The van der Waals surface area contributed by atoms with Crippen molar-refractivity contribution in [2.75, 3.05) is 0 Å². The molecule has 0 heterocycles. The molecule has 0 aliphatic heterocycles. The second-order valence-corrected chi connectivity index (χ2v) is 6.89. The standard InChI is InChI=1S/C21H24N2O2/c1-16(19(24)22-21(2,3)4)23(15-17-11-7-5-8-12-17)20(25)18-13-9-6-10-14-18/h5-14H,1,15H2,2-4H3,(H,22,24). The molecule has 0 atom stereocenters. The largest absolute Gasteiger partial charge is 0.346 e. The number of carbonyl (C=O) groups is 2. The SMILES string of the molecule is C=C(C(=O)NC(C)(C)C)N(Cc1ccccc1)C(=O)c1ccccc1. The Hall–Kier alpha value is -2.88. The van der Waals surface area contributed by atoms with E-state index in [0.717, 1.165) is 5.56 Å². The van der Waals surface area contributed by atoms with Crippen LogP contribution in [0.3, 0.4) is 0 Å². The van der Waals surface area contributed by atoms with Crippen molar-refractivity contribution in [2.24, 2.45) is 0 Å². The molecule has 2 rings (SSSR count). The number of amides is 2. The summed E-state index contributed by atoms with van der Waals surface area (Å²) < 4.78 is 0. The first kappa shape index (κ1) is 18.5. The Kier molecular flexibility index (Phi) is 5.75. The molecule has 2 aromatic rings. The van der Waals surface area contributed by atoms with E-state index in [1.807, 2.05) is 57.2 Å². The minimum absolute atomic E-state index is 0.132. The molecule has 0 spiro atoms. The summed E-state index contributed by atoms with van der Waals surface area (Å²) in [6, 6.07) is 18.5. The van der Waals surface area contributed by atoms with Gasteiger partial charge in [0.1, 0.15) is 5.70 Å². The molecule has 130 valence electrons. The fourth-order valence-electron chi connectivity index (χ4n) is 2.33.